The van der Waals surface area contributed by atoms with E-state index in [9.17, 15) is 4.79 Å². The number of nitrogens with zero attached hydrogens (tertiary/aromatic N) is 3. The number of carbonyl (C=O) groups excluding carboxylic acids is 1. The number of aromatic nitrogens is 3. The molecule has 0 spiro atoms. The number of H-pyrrole nitrogens is 1. The molecule has 28 heavy (non-hydrogen) atoms. The molecule has 1 saturated heterocycles. The van der Waals surface area contributed by atoms with Crippen LogP contribution in [0.5, 0.6) is 0 Å². The lowest BCUT2D eigenvalue weighted by Gasteiger charge is -2.31. The maximum atomic E-state index is 12.5. The number of oxazole rings is 1. The molecule has 0 bridgehead atoms. The Morgan fingerprint density at radius 1 is 1.32 bits per heavy atom. The smallest absolute Gasteiger partial charge is 0.255 e. The molecule has 7 nitrogen and oxygen atoms in total. The van der Waals surface area contributed by atoms with Crippen LogP contribution in [0, 0.1) is 13.8 Å². The van der Waals surface area contributed by atoms with Crippen molar-refractivity contribution < 1.29 is 9.21 Å². The normalized spacial score (nSPS) is 17.6. The molecule has 3 aromatic rings. The lowest BCUT2D eigenvalue weighted by Crippen LogP contribution is -2.34. The van der Waals surface area contributed by atoms with Crippen molar-refractivity contribution in [3.8, 4) is 0 Å². The fraction of sp³-hybridized carbons (Fsp3) is 0.381. The van der Waals surface area contributed by atoms with E-state index < -0.39 is 0 Å². The van der Waals surface area contributed by atoms with E-state index in [4.69, 9.17) is 4.42 Å². The number of benzene rings is 1. The number of aryl methyl sites for hydroxylation is 2. The molecule has 146 valence electrons. The highest BCUT2D eigenvalue weighted by Crippen LogP contribution is 2.31. The van der Waals surface area contributed by atoms with E-state index in [0.717, 1.165) is 54.7 Å². The van der Waals surface area contributed by atoms with Gasteiger partial charge in [0.15, 0.2) is 0 Å². The molecule has 1 unspecified atom stereocenters. The maximum absolute atomic E-state index is 12.5. The van der Waals surface area contributed by atoms with E-state index in [1.807, 2.05) is 32.0 Å². The van der Waals surface area contributed by atoms with Gasteiger partial charge in [0, 0.05) is 18.0 Å². The Kier molecular flexibility index (Phi) is 5.25. The zero-order valence-electron chi connectivity index (χ0n) is 16.2. The molecular weight excluding hydrogens is 354 g/mol. The molecule has 1 aliphatic heterocycles. The van der Waals surface area contributed by atoms with Crippen LogP contribution in [-0.4, -0.2) is 39.1 Å². The number of aromatic amines is 1. The number of piperidine rings is 1. The molecule has 1 atom stereocenters. The number of nitrogens with one attached hydrogen (secondary N) is 2. The van der Waals surface area contributed by atoms with Gasteiger partial charge in [-0.15, -0.1) is 0 Å². The van der Waals surface area contributed by atoms with Crippen molar-refractivity contribution in [3.63, 3.8) is 0 Å². The molecule has 7 heteroatoms. The van der Waals surface area contributed by atoms with Gasteiger partial charge in [0.1, 0.15) is 5.76 Å². The van der Waals surface area contributed by atoms with Crippen molar-refractivity contribution in [2.45, 2.75) is 39.2 Å². The molecule has 1 aliphatic rings. The van der Waals surface area contributed by atoms with Gasteiger partial charge in [0.25, 0.3) is 5.91 Å². The average molecular weight is 379 g/mol. The van der Waals surface area contributed by atoms with Crippen molar-refractivity contribution in [2.24, 2.45) is 0 Å². The molecule has 0 radical (unpaired) electrons. The second-order valence-corrected chi connectivity index (χ2v) is 7.34. The van der Waals surface area contributed by atoms with Gasteiger partial charge in [-0.25, -0.2) is 4.98 Å². The summed E-state index contributed by atoms with van der Waals surface area (Å²) in [7, 11) is 0. The second kappa shape index (κ2) is 7.98. The van der Waals surface area contributed by atoms with Crippen molar-refractivity contribution in [3.05, 3.63) is 65.1 Å². The molecule has 1 amide bonds. The van der Waals surface area contributed by atoms with Crippen LogP contribution in [0.1, 0.15) is 52.2 Å². The summed E-state index contributed by atoms with van der Waals surface area (Å²) >= 11 is 0. The zero-order valence-corrected chi connectivity index (χ0v) is 16.2. The predicted molar refractivity (Wildman–Crippen MR) is 106 cm³/mol. The maximum Gasteiger partial charge on any atom is 0.255 e. The Hall–Kier alpha value is -2.93. The first-order chi connectivity index (χ1) is 13.6. The van der Waals surface area contributed by atoms with Gasteiger partial charge in [-0.2, -0.15) is 5.10 Å². The summed E-state index contributed by atoms with van der Waals surface area (Å²) in [6, 6.07) is 9.22. The number of likely N-dealkylation sites (tertiary alicyclic amines) is 1. The third kappa shape index (κ3) is 3.99. The van der Waals surface area contributed by atoms with Gasteiger partial charge in [-0.3, -0.25) is 14.8 Å². The summed E-state index contributed by atoms with van der Waals surface area (Å²) in [4.78, 5) is 19.3. The average Bonchev–Trinajstić information content (AvgIpc) is 3.29. The van der Waals surface area contributed by atoms with E-state index in [0.29, 0.717) is 12.1 Å². The fourth-order valence-corrected chi connectivity index (χ4v) is 3.72. The third-order valence-corrected chi connectivity index (χ3v) is 5.30. The van der Waals surface area contributed by atoms with E-state index in [1.165, 1.54) is 0 Å². The number of hydrogen-bond donors (Lipinski definition) is 2. The first-order valence-electron chi connectivity index (χ1n) is 9.65. The van der Waals surface area contributed by atoms with E-state index >= 15 is 0 Å². The fourth-order valence-electron chi connectivity index (χ4n) is 3.72. The van der Waals surface area contributed by atoms with Crippen LogP contribution < -0.4 is 5.32 Å². The van der Waals surface area contributed by atoms with Gasteiger partial charge in [-0.05, 0) is 45.4 Å². The topological polar surface area (TPSA) is 87.0 Å². The summed E-state index contributed by atoms with van der Waals surface area (Å²) < 4.78 is 5.74. The summed E-state index contributed by atoms with van der Waals surface area (Å²) in [5, 5.41) is 10.3. The minimum atomic E-state index is -0.123. The highest BCUT2D eigenvalue weighted by atomic mass is 16.4. The van der Waals surface area contributed by atoms with Crippen molar-refractivity contribution in [2.75, 3.05) is 18.4 Å². The van der Waals surface area contributed by atoms with Crippen LogP contribution >= 0.6 is 0 Å². The minimum Gasteiger partial charge on any atom is -0.444 e. The van der Waals surface area contributed by atoms with Crippen LogP contribution in [0.4, 0.5) is 5.69 Å². The van der Waals surface area contributed by atoms with Gasteiger partial charge in [0.05, 0.1) is 29.8 Å². The van der Waals surface area contributed by atoms with Crippen LogP contribution in [0.25, 0.3) is 0 Å². The number of hydrogen-bond acceptors (Lipinski definition) is 5. The molecule has 3 heterocycles. The quantitative estimate of drug-likeness (QED) is 0.707. The van der Waals surface area contributed by atoms with Gasteiger partial charge in [-0.1, -0.05) is 18.2 Å². The Morgan fingerprint density at radius 3 is 2.89 bits per heavy atom. The number of amides is 1. The first-order valence-corrected chi connectivity index (χ1v) is 9.65. The van der Waals surface area contributed by atoms with E-state index in [-0.39, 0.29) is 11.8 Å². The van der Waals surface area contributed by atoms with Crippen molar-refractivity contribution in [1.29, 1.82) is 0 Å². The molecule has 4 rings (SSSR count). The predicted octanol–water partition coefficient (Wildman–Crippen LogP) is 3.65. The Balaban J connectivity index is 1.44. The highest BCUT2D eigenvalue weighted by Gasteiger charge is 2.26. The number of carbonyl (C=O) groups is 1. The molecule has 0 aliphatic carbocycles. The van der Waals surface area contributed by atoms with Gasteiger partial charge in [0.2, 0.25) is 5.89 Å². The summed E-state index contributed by atoms with van der Waals surface area (Å²) in [6.07, 6.45) is 3.82. The summed E-state index contributed by atoms with van der Waals surface area (Å²) in [6.45, 7) is 6.49. The van der Waals surface area contributed by atoms with Crippen LogP contribution in [-0.2, 0) is 6.54 Å². The number of anilines is 1. The van der Waals surface area contributed by atoms with Gasteiger partial charge >= 0.3 is 0 Å². The monoisotopic (exact) mass is 379 g/mol. The molecule has 1 aromatic carbocycles. The molecule has 2 N–H and O–H groups in total. The lowest BCUT2D eigenvalue weighted by atomic mass is 9.94. The Morgan fingerprint density at radius 2 is 2.14 bits per heavy atom. The third-order valence-electron chi connectivity index (χ3n) is 5.30. The SMILES string of the molecule is Cc1nc(CN2CCCC(c3[nH]ncc3NC(=O)c3ccccc3)C2)oc1C. The second-order valence-electron chi connectivity index (χ2n) is 7.34. The van der Waals surface area contributed by atoms with Crippen molar-refractivity contribution in [1.82, 2.24) is 20.1 Å². The van der Waals surface area contributed by atoms with Crippen LogP contribution in [0.3, 0.4) is 0 Å². The Labute approximate surface area is 164 Å². The Bertz CT molecular complexity index is 927. The van der Waals surface area contributed by atoms with E-state index in [2.05, 4.69) is 25.4 Å². The summed E-state index contributed by atoms with van der Waals surface area (Å²) in [5.41, 5.74) is 3.31. The number of rotatable bonds is 5. The lowest BCUT2D eigenvalue weighted by molar-refractivity contribution is 0.102. The van der Waals surface area contributed by atoms with E-state index in [1.54, 1.807) is 18.3 Å². The largest absolute Gasteiger partial charge is 0.444 e. The standard InChI is InChI=1S/C21H25N5O2/c1-14-15(2)28-19(23-14)13-26-10-6-9-17(12-26)20-18(11-22-25-20)24-21(27)16-7-4-3-5-8-16/h3-5,7-8,11,17H,6,9-10,12-13H2,1-2H3,(H,22,25)(H,24,27). The van der Waals surface area contributed by atoms with Crippen LogP contribution in [0.2, 0.25) is 0 Å². The first kappa shape index (κ1) is 18.4. The minimum absolute atomic E-state index is 0.123. The molecule has 1 fully saturated rings. The summed E-state index contributed by atoms with van der Waals surface area (Å²) in [5.74, 6) is 1.79. The van der Waals surface area contributed by atoms with Gasteiger partial charge < -0.3 is 9.73 Å². The molecule has 0 saturated carbocycles. The molecule has 2 aromatic heterocycles. The molecular formula is C21H25N5O2. The zero-order chi connectivity index (χ0) is 19.5. The highest BCUT2D eigenvalue weighted by molar-refractivity contribution is 6.04. The van der Waals surface area contributed by atoms with Crippen LogP contribution in [0.15, 0.2) is 40.9 Å². The van der Waals surface area contributed by atoms with Crippen molar-refractivity contribution >= 4 is 11.6 Å².